The van der Waals surface area contributed by atoms with Gasteiger partial charge in [-0.2, -0.15) is 0 Å². The first-order valence-electron chi connectivity index (χ1n) is 5.19. The number of aliphatic hydroxyl groups is 1. The van der Waals surface area contributed by atoms with Gasteiger partial charge in [0.2, 0.25) is 0 Å². The largest absolute Gasteiger partial charge is 0.391 e. The van der Waals surface area contributed by atoms with Crippen molar-refractivity contribution in [2.24, 2.45) is 13.0 Å². The van der Waals surface area contributed by atoms with Crippen LogP contribution in [0.5, 0.6) is 0 Å². The van der Waals surface area contributed by atoms with Crippen LogP contribution in [0.25, 0.3) is 0 Å². The van der Waals surface area contributed by atoms with Crippen molar-refractivity contribution in [2.45, 2.75) is 33.0 Å². The second kappa shape index (κ2) is 5.82. The molecule has 5 heteroatoms. The highest BCUT2D eigenvalue weighted by Gasteiger charge is 2.07. The van der Waals surface area contributed by atoms with Crippen LogP contribution in [0.2, 0.25) is 0 Å². The number of aliphatic hydroxyl groups excluding tert-OH is 1. The summed E-state index contributed by atoms with van der Waals surface area (Å²) in [5.74, 6) is 0.486. The van der Waals surface area contributed by atoms with Crippen LogP contribution in [0.3, 0.4) is 0 Å². The molecule has 0 spiro atoms. The summed E-state index contributed by atoms with van der Waals surface area (Å²) < 4.78 is 6.96. The lowest BCUT2D eigenvalue weighted by molar-refractivity contribution is 0.0177. The second-order valence-electron chi connectivity index (χ2n) is 4.18. The van der Waals surface area contributed by atoms with E-state index in [1.807, 2.05) is 7.05 Å². The number of nitrogens with zero attached hydrogens (tertiary/aromatic N) is 3. The van der Waals surface area contributed by atoms with E-state index in [2.05, 4.69) is 24.2 Å². The first-order valence-corrected chi connectivity index (χ1v) is 5.19. The molecule has 0 aliphatic heterocycles. The fourth-order valence-corrected chi connectivity index (χ4v) is 1.37. The van der Waals surface area contributed by atoms with Crippen LogP contribution in [0.15, 0.2) is 6.20 Å². The lowest BCUT2D eigenvalue weighted by Crippen LogP contribution is -2.17. The van der Waals surface area contributed by atoms with Gasteiger partial charge in [0.15, 0.2) is 0 Å². The molecule has 0 radical (unpaired) electrons. The molecule has 5 nitrogen and oxygen atoms in total. The molecule has 1 aromatic rings. The normalized spacial score (nSPS) is 13.4. The highest BCUT2D eigenvalue weighted by Crippen LogP contribution is 2.05. The number of ether oxygens (including phenoxy) is 1. The van der Waals surface area contributed by atoms with E-state index >= 15 is 0 Å². The molecule has 0 saturated heterocycles. The van der Waals surface area contributed by atoms with Crippen LogP contribution in [-0.4, -0.2) is 32.8 Å². The molecule has 1 atom stereocenters. The second-order valence-corrected chi connectivity index (χ2v) is 4.18. The fourth-order valence-electron chi connectivity index (χ4n) is 1.37. The monoisotopic (exact) mass is 213 g/mol. The standard InChI is InChI=1S/C10H19N3O2/c1-8(2)4-10(14)7-15-6-9-5-13(3)12-11-9/h5,8,10,14H,4,6-7H2,1-3H3. The van der Waals surface area contributed by atoms with Gasteiger partial charge in [0, 0.05) is 7.05 Å². The molecule has 0 bridgehead atoms. The topological polar surface area (TPSA) is 60.2 Å². The van der Waals surface area contributed by atoms with Gasteiger partial charge in [-0.3, -0.25) is 4.68 Å². The minimum atomic E-state index is -0.387. The van der Waals surface area contributed by atoms with Crippen molar-refractivity contribution in [1.82, 2.24) is 15.0 Å². The number of aromatic nitrogens is 3. The van der Waals surface area contributed by atoms with E-state index in [0.717, 1.165) is 12.1 Å². The molecular weight excluding hydrogens is 194 g/mol. The molecule has 0 amide bonds. The molecule has 0 aliphatic rings. The Hall–Kier alpha value is -0.940. The Kier molecular flexibility index (Phi) is 4.71. The molecule has 0 aliphatic carbocycles. The van der Waals surface area contributed by atoms with Gasteiger partial charge >= 0.3 is 0 Å². The van der Waals surface area contributed by atoms with E-state index < -0.39 is 0 Å². The first kappa shape index (κ1) is 12.1. The van der Waals surface area contributed by atoms with E-state index in [9.17, 15) is 5.11 Å². The van der Waals surface area contributed by atoms with Crippen molar-refractivity contribution < 1.29 is 9.84 Å². The molecular formula is C10H19N3O2. The maximum absolute atomic E-state index is 9.54. The van der Waals surface area contributed by atoms with Crippen LogP contribution >= 0.6 is 0 Å². The van der Waals surface area contributed by atoms with Crippen molar-refractivity contribution in [3.8, 4) is 0 Å². The molecule has 1 aromatic heterocycles. The smallest absolute Gasteiger partial charge is 0.108 e. The van der Waals surface area contributed by atoms with Crippen LogP contribution < -0.4 is 0 Å². The molecule has 0 aromatic carbocycles. The SMILES string of the molecule is CC(C)CC(O)COCc1cn(C)nn1. The van der Waals surface area contributed by atoms with Gasteiger partial charge in [-0.05, 0) is 12.3 Å². The van der Waals surface area contributed by atoms with Gasteiger partial charge in [0.05, 0.1) is 25.5 Å². The highest BCUT2D eigenvalue weighted by atomic mass is 16.5. The molecule has 15 heavy (non-hydrogen) atoms. The van der Waals surface area contributed by atoms with Crippen LogP contribution in [0.4, 0.5) is 0 Å². The maximum atomic E-state index is 9.54. The Morgan fingerprint density at radius 2 is 2.27 bits per heavy atom. The zero-order chi connectivity index (χ0) is 11.3. The van der Waals surface area contributed by atoms with E-state index in [4.69, 9.17) is 4.74 Å². The van der Waals surface area contributed by atoms with Crippen molar-refractivity contribution in [3.05, 3.63) is 11.9 Å². The van der Waals surface area contributed by atoms with Crippen molar-refractivity contribution >= 4 is 0 Å². The first-order chi connectivity index (χ1) is 7.08. The van der Waals surface area contributed by atoms with Gasteiger partial charge in [0.1, 0.15) is 5.69 Å². The van der Waals surface area contributed by atoms with E-state index in [1.165, 1.54) is 0 Å². The molecule has 1 heterocycles. The molecule has 1 unspecified atom stereocenters. The van der Waals surface area contributed by atoms with Gasteiger partial charge in [0.25, 0.3) is 0 Å². The van der Waals surface area contributed by atoms with Crippen molar-refractivity contribution in [3.63, 3.8) is 0 Å². The third-order valence-electron chi connectivity index (χ3n) is 1.95. The predicted octanol–water partition coefficient (Wildman–Crippen LogP) is 0.739. The van der Waals surface area contributed by atoms with Gasteiger partial charge < -0.3 is 9.84 Å². The maximum Gasteiger partial charge on any atom is 0.108 e. The molecule has 1 N–H and O–H groups in total. The van der Waals surface area contributed by atoms with Crippen LogP contribution in [0, 0.1) is 5.92 Å². The number of rotatable bonds is 6. The van der Waals surface area contributed by atoms with E-state index in [1.54, 1.807) is 10.9 Å². The Morgan fingerprint density at radius 3 is 2.80 bits per heavy atom. The Bertz CT molecular complexity index is 286. The molecule has 86 valence electrons. The summed E-state index contributed by atoms with van der Waals surface area (Å²) >= 11 is 0. The summed E-state index contributed by atoms with van der Waals surface area (Å²) in [6.07, 6.45) is 2.18. The Labute approximate surface area is 90.1 Å². The number of hydrogen-bond acceptors (Lipinski definition) is 4. The lowest BCUT2D eigenvalue weighted by Gasteiger charge is -2.12. The summed E-state index contributed by atoms with van der Waals surface area (Å²) in [7, 11) is 1.81. The molecule has 1 rings (SSSR count). The van der Waals surface area contributed by atoms with Crippen molar-refractivity contribution in [1.29, 1.82) is 0 Å². The highest BCUT2D eigenvalue weighted by molar-refractivity contribution is 4.88. The van der Waals surface area contributed by atoms with Crippen LogP contribution in [-0.2, 0) is 18.4 Å². The third kappa shape index (κ3) is 4.90. The van der Waals surface area contributed by atoms with Gasteiger partial charge in [-0.15, -0.1) is 5.10 Å². The van der Waals surface area contributed by atoms with E-state index in [-0.39, 0.29) is 6.10 Å². The Morgan fingerprint density at radius 1 is 1.53 bits per heavy atom. The zero-order valence-corrected chi connectivity index (χ0v) is 9.55. The summed E-state index contributed by atoms with van der Waals surface area (Å²) in [5.41, 5.74) is 0.786. The summed E-state index contributed by atoms with van der Waals surface area (Å²) in [5, 5.41) is 17.2. The fraction of sp³-hybridized carbons (Fsp3) is 0.800. The number of aryl methyl sites for hydroxylation is 1. The molecule has 0 fully saturated rings. The van der Waals surface area contributed by atoms with Gasteiger partial charge in [-0.25, -0.2) is 0 Å². The van der Waals surface area contributed by atoms with Crippen LogP contribution in [0.1, 0.15) is 26.0 Å². The number of hydrogen-bond donors (Lipinski definition) is 1. The minimum absolute atomic E-state index is 0.356. The summed E-state index contributed by atoms with van der Waals surface area (Å²) in [6.45, 7) is 4.91. The molecule has 0 saturated carbocycles. The van der Waals surface area contributed by atoms with Gasteiger partial charge in [-0.1, -0.05) is 19.1 Å². The summed E-state index contributed by atoms with van der Waals surface area (Å²) in [6, 6.07) is 0. The minimum Gasteiger partial charge on any atom is -0.391 e. The third-order valence-corrected chi connectivity index (χ3v) is 1.95. The quantitative estimate of drug-likeness (QED) is 0.757. The average molecular weight is 213 g/mol. The average Bonchev–Trinajstić information content (AvgIpc) is 2.50. The summed E-state index contributed by atoms with van der Waals surface area (Å²) in [4.78, 5) is 0. The Balaban J connectivity index is 2.16. The lowest BCUT2D eigenvalue weighted by atomic mass is 10.1. The van der Waals surface area contributed by atoms with E-state index in [0.29, 0.717) is 19.1 Å². The van der Waals surface area contributed by atoms with Crippen molar-refractivity contribution in [2.75, 3.05) is 6.61 Å². The predicted molar refractivity (Wildman–Crippen MR) is 56.1 cm³/mol. The zero-order valence-electron chi connectivity index (χ0n) is 9.55.